The lowest BCUT2D eigenvalue weighted by Gasteiger charge is -2.11. The first-order chi connectivity index (χ1) is 5.22. The van der Waals surface area contributed by atoms with Gasteiger partial charge in [0.2, 0.25) is 5.91 Å². The molecular formula is C7H14N2O2. The number of carbonyl (C=O) groups is 1. The lowest BCUT2D eigenvalue weighted by molar-refractivity contribution is -0.118. The van der Waals surface area contributed by atoms with E-state index in [1.807, 2.05) is 4.90 Å². The fraction of sp³-hybridized carbons (Fsp3) is 0.857. The summed E-state index contributed by atoms with van der Waals surface area (Å²) < 4.78 is 0. The van der Waals surface area contributed by atoms with E-state index in [1.165, 1.54) is 0 Å². The first-order valence-corrected chi connectivity index (χ1v) is 3.84. The summed E-state index contributed by atoms with van der Waals surface area (Å²) in [5.74, 6) is 0.0536. The number of nitrogens with two attached hydrogens (primary N) is 1. The van der Waals surface area contributed by atoms with Crippen molar-refractivity contribution in [3.8, 4) is 0 Å². The van der Waals surface area contributed by atoms with E-state index in [9.17, 15) is 4.79 Å². The third-order valence-electron chi connectivity index (χ3n) is 2.01. The topological polar surface area (TPSA) is 66.6 Å². The molecule has 1 saturated heterocycles. The van der Waals surface area contributed by atoms with Crippen molar-refractivity contribution in [1.82, 2.24) is 4.90 Å². The van der Waals surface area contributed by atoms with Crippen LogP contribution < -0.4 is 5.73 Å². The zero-order valence-electron chi connectivity index (χ0n) is 6.49. The molecule has 3 N–H and O–H groups in total. The number of carbonyl (C=O) groups excluding carboxylic acids is 1. The first-order valence-electron chi connectivity index (χ1n) is 3.84. The highest BCUT2D eigenvalue weighted by Gasteiger charge is 2.22. The number of hydrogen-bond donors (Lipinski definition) is 2. The third-order valence-corrected chi connectivity index (χ3v) is 2.01. The SMILES string of the molecule is NC(=O)CN1CC[C@@H](CO)C1. The fourth-order valence-corrected chi connectivity index (χ4v) is 1.43. The van der Waals surface area contributed by atoms with Crippen LogP contribution in [0.25, 0.3) is 0 Å². The minimum absolute atomic E-state index is 0.218. The van der Waals surface area contributed by atoms with Crippen molar-refractivity contribution in [2.75, 3.05) is 26.2 Å². The summed E-state index contributed by atoms with van der Waals surface area (Å²) in [5.41, 5.74) is 5.02. The molecule has 0 aromatic heterocycles. The number of aliphatic hydroxyl groups excluding tert-OH is 1. The van der Waals surface area contributed by atoms with E-state index in [1.54, 1.807) is 0 Å². The second-order valence-corrected chi connectivity index (χ2v) is 3.04. The van der Waals surface area contributed by atoms with Crippen LogP contribution in [0, 0.1) is 5.92 Å². The molecule has 0 radical (unpaired) electrons. The van der Waals surface area contributed by atoms with Gasteiger partial charge >= 0.3 is 0 Å². The average molecular weight is 158 g/mol. The molecule has 0 bridgehead atoms. The molecule has 1 heterocycles. The van der Waals surface area contributed by atoms with Crippen LogP contribution in [0.1, 0.15) is 6.42 Å². The second kappa shape index (κ2) is 3.69. The van der Waals surface area contributed by atoms with Crippen LogP contribution in [0.4, 0.5) is 0 Å². The standard InChI is InChI=1S/C7H14N2O2/c8-7(11)4-9-2-1-6(3-9)5-10/h6,10H,1-5H2,(H2,8,11)/t6-/m1/s1. The monoisotopic (exact) mass is 158 g/mol. The maximum absolute atomic E-state index is 10.5. The van der Waals surface area contributed by atoms with E-state index in [4.69, 9.17) is 10.8 Å². The Morgan fingerprint density at radius 3 is 2.91 bits per heavy atom. The van der Waals surface area contributed by atoms with Gasteiger partial charge in [0, 0.05) is 13.2 Å². The Labute approximate surface area is 66.0 Å². The van der Waals surface area contributed by atoms with Crippen molar-refractivity contribution in [2.24, 2.45) is 11.7 Å². The second-order valence-electron chi connectivity index (χ2n) is 3.04. The van der Waals surface area contributed by atoms with Gasteiger partial charge in [0.25, 0.3) is 0 Å². The van der Waals surface area contributed by atoms with Crippen molar-refractivity contribution >= 4 is 5.91 Å². The van der Waals surface area contributed by atoms with E-state index in [2.05, 4.69) is 0 Å². The van der Waals surface area contributed by atoms with Gasteiger partial charge in [0.1, 0.15) is 0 Å². The number of aliphatic hydroxyl groups is 1. The molecule has 0 unspecified atom stereocenters. The molecule has 0 aromatic rings. The highest BCUT2D eigenvalue weighted by Crippen LogP contribution is 2.14. The number of nitrogens with zero attached hydrogens (tertiary/aromatic N) is 1. The predicted octanol–water partition coefficient (Wildman–Crippen LogP) is -1.21. The highest BCUT2D eigenvalue weighted by molar-refractivity contribution is 5.75. The molecule has 1 atom stereocenters. The molecule has 1 rings (SSSR count). The van der Waals surface area contributed by atoms with Crippen molar-refractivity contribution in [2.45, 2.75) is 6.42 Å². The molecule has 11 heavy (non-hydrogen) atoms. The van der Waals surface area contributed by atoms with Crippen LogP contribution in [0.2, 0.25) is 0 Å². The summed E-state index contributed by atoms with van der Waals surface area (Å²) in [6, 6.07) is 0. The number of primary amides is 1. The molecule has 0 aromatic carbocycles. The number of hydrogen-bond acceptors (Lipinski definition) is 3. The lowest BCUT2D eigenvalue weighted by Crippen LogP contribution is -2.32. The summed E-state index contributed by atoms with van der Waals surface area (Å²) in [5, 5.41) is 8.78. The number of rotatable bonds is 3. The minimum atomic E-state index is -0.288. The Morgan fingerprint density at radius 1 is 1.73 bits per heavy atom. The molecule has 1 fully saturated rings. The number of likely N-dealkylation sites (tertiary alicyclic amines) is 1. The van der Waals surface area contributed by atoms with Crippen LogP contribution in [0.5, 0.6) is 0 Å². The molecule has 1 amide bonds. The Bertz CT molecular complexity index is 149. The van der Waals surface area contributed by atoms with Gasteiger partial charge < -0.3 is 10.8 Å². The van der Waals surface area contributed by atoms with E-state index >= 15 is 0 Å². The molecule has 1 aliphatic heterocycles. The van der Waals surface area contributed by atoms with E-state index < -0.39 is 0 Å². The zero-order chi connectivity index (χ0) is 8.27. The van der Waals surface area contributed by atoms with Crippen molar-refractivity contribution in [3.05, 3.63) is 0 Å². The fourth-order valence-electron chi connectivity index (χ4n) is 1.43. The van der Waals surface area contributed by atoms with Crippen molar-refractivity contribution in [3.63, 3.8) is 0 Å². The van der Waals surface area contributed by atoms with Gasteiger partial charge in [-0.05, 0) is 18.9 Å². The predicted molar refractivity (Wildman–Crippen MR) is 40.8 cm³/mol. The first kappa shape index (κ1) is 8.49. The van der Waals surface area contributed by atoms with Gasteiger partial charge in [-0.3, -0.25) is 9.69 Å². The summed E-state index contributed by atoms with van der Waals surface area (Å²) in [4.78, 5) is 12.4. The molecule has 0 saturated carbocycles. The van der Waals surface area contributed by atoms with Gasteiger partial charge in [0.15, 0.2) is 0 Å². The van der Waals surface area contributed by atoms with Gasteiger partial charge in [-0.1, -0.05) is 0 Å². The van der Waals surface area contributed by atoms with Crippen LogP contribution in [0.3, 0.4) is 0 Å². The largest absolute Gasteiger partial charge is 0.396 e. The van der Waals surface area contributed by atoms with Crippen molar-refractivity contribution < 1.29 is 9.90 Å². The van der Waals surface area contributed by atoms with Gasteiger partial charge in [0.05, 0.1) is 6.54 Å². The van der Waals surface area contributed by atoms with Crippen LogP contribution in [0.15, 0.2) is 0 Å². The normalized spacial score (nSPS) is 25.7. The van der Waals surface area contributed by atoms with E-state index in [0.29, 0.717) is 12.5 Å². The highest BCUT2D eigenvalue weighted by atomic mass is 16.3. The molecular weight excluding hydrogens is 144 g/mol. The van der Waals surface area contributed by atoms with Gasteiger partial charge in [-0.2, -0.15) is 0 Å². The zero-order valence-corrected chi connectivity index (χ0v) is 6.49. The minimum Gasteiger partial charge on any atom is -0.396 e. The maximum atomic E-state index is 10.5. The van der Waals surface area contributed by atoms with Crippen LogP contribution in [-0.2, 0) is 4.79 Å². The molecule has 4 nitrogen and oxygen atoms in total. The summed E-state index contributed by atoms with van der Waals surface area (Å²) in [6.45, 7) is 2.24. The summed E-state index contributed by atoms with van der Waals surface area (Å²) in [6.07, 6.45) is 0.976. The van der Waals surface area contributed by atoms with Crippen LogP contribution in [-0.4, -0.2) is 42.2 Å². The van der Waals surface area contributed by atoms with E-state index in [-0.39, 0.29) is 12.5 Å². The van der Waals surface area contributed by atoms with Gasteiger partial charge in [-0.15, -0.1) is 0 Å². The maximum Gasteiger partial charge on any atom is 0.231 e. The molecule has 1 aliphatic rings. The number of amides is 1. The summed E-state index contributed by atoms with van der Waals surface area (Å²) >= 11 is 0. The smallest absolute Gasteiger partial charge is 0.231 e. The lowest BCUT2D eigenvalue weighted by atomic mass is 10.1. The Hall–Kier alpha value is -0.610. The molecule has 4 heteroatoms. The van der Waals surface area contributed by atoms with Crippen molar-refractivity contribution in [1.29, 1.82) is 0 Å². The Balaban J connectivity index is 2.24. The third kappa shape index (κ3) is 2.48. The van der Waals surface area contributed by atoms with Gasteiger partial charge in [-0.25, -0.2) is 0 Å². The molecule has 64 valence electrons. The quantitative estimate of drug-likeness (QED) is 0.541. The molecule has 0 spiro atoms. The Kier molecular flexibility index (Phi) is 2.84. The van der Waals surface area contributed by atoms with E-state index in [0.717, 1.165) is 19.5 Å². The Morgan fingerprint density at radius 2 is 2.45 bits per heavy atom. The van der Waals surface area contributed by atoms with Crippen LogP contribution >= 0.6 is 0 Å². The molecule has 0 aliphatic carbocycles. The average Bonchev–Trinajstić information content (AvgIpc) is 2.34. The summed E-state index contributed by atoms with van der Waals surface area (Å²) in [7, 11) is 0.